The normalized spacial score (nSPS) is 10.2. The highest BCUT2D eigenvalue weighted by molar-refractivity contribution is 5.92. The van der Waals surface area contributed by atoms with Gasteiger partial charge in [0.1, 0.15) is 5.69 Å². The maximum absolute atomic E-state index is 11.5. The Morgan fingerprint density at radius 3 is 2.83 bits per heavy atom. The summed E-state index contributed by atoms with van der Waals surface area (Å²) in [5, 5.41) is 26.9. The Bertz CT molecular complexity index is 546. The van der Waals surface area contributed by atoms with Crippen LogP contribution >= 0.6 is 0 Å². The first-order chi connectivity index (χ1) is 8.65. The van der Waals surface area contributed by atoms with Crippen LogP contribution in [0.3, 0.4) is 0 Å². The zero-order chi connectivity index (χ0) is 13.0. The van der Waals surface area contributed by atoms with Crippen LogP contribution in [0.5, 0.6) is 0 Å². The zero-order valence-corrected chi connectivity index (χ0v) is 9.17. The van der Waals surface area contributed by atoms with E-state index in [-0.39, 0.29) is 23.8 Å². The van der Waals surface area contributed by atoms with Crippen LogP contribution in [0, 0.1) is 0 Å². The number of anilines is 1. The van der Waals surface area contributed by atoms with E-state index in [0.29, 0.717) is 12.1 Å². The van der Waals surface area contributed by atoms with Crippen LogP contribution in [0.1, 0.15) is 22.6 Å². The van der Waals surface area contributed by atoms with Crippen molar-refractivity contribution in [3.63, 3.8) is 0 Å². The highest BCUT2D eigenvalue weighted by atomic mass is 16.4. The number of carboxylic acids is 1. The van der Waals surface area contributed by atoms with Crippen molar-refractivity contribution in [2.45, 2.75) is 12.8 Å². The second kappa shape index (κ2) is 5.08. The second-order valence-electron chi connectivity index (χ2n) is 3.48. The Hall–Kier alpha value is -2.71. The van der Waals surface area contributed by atoms with Gasteiger partial charge < -0.3 is 10.4 Å². The standard InChI is InChI=1S/C9H10N6O3/c16-8(2-1-5-4-10-15-12-5)11-7-3-6(9(17)18)13-14-7/h3-4H,1-2H2,(H,17,18)(H,10,12,15)(H2,11,13,14,16). The molecule has 2 aromatic rings. The molecule has 4 N–H and O–H groups in total. The van der Waals surface area contributed by atoms with Crippen LogP contribution < -0.4 is 5.32 Å². The predicted octanol–water partition coefficient (Wildman–Crippen LogP) is -0.203. The van der Waals surface area contributed by atoms with Gasteiger partial charge in [0.15, 0.2) is 5.82 Å². The number of carboxylic acid groups (broad SMARTS) is 1. The fourth-order valence-corrected chi connectivity index (χ4v) is 1.29. The average molecular weight is 250 g/mol. The largest absolute Gasteiger partial charge is 0.477 e. The number of carbonyl (C=O) groups excluding carboxylic acids is 1. The lowest BCUT2D eigenvalue weighted by molar-refractivity contribution is -0.116. The van der Waals surface area contributed by atoms with Crippen LogP contribution in [-0.4, -0.2) is 42.6 Å². The number of aromatic carboxylic acids is 1. The van der Waals surface area contributed by atoms with Crippen LogP contribution in [0.15, 0.2) is 12.3 Å². The van der Waals surface area contributed by atoms with Gasteiger partial charge in [0.2, 0.25) is 5.91 Å². The molecule has 0 aromatic carbocycles. The van der Waals surface area contributed by atoms with Crippen molar-refractivity contribution in [3.05, 3.63) is 23.7 Å². The van der Waals surface area contributed by atoms with Crippen molar-refractivity contribution < 1.29 is 14.7 Å². The smallest absolute Gasteiger partial charge is 0.353 e. The molecule has 1 amide bonds. The summed E-state index contributed by atoms with van der Waals surface area (Å²) in [6.45, 7) is 0. The van der Waals surface area contributed by atoms with Crippen LogP contribution in [-0.2, 0) is 11.2 Å². The molecule has 2 aromatic heterocycles. The molecular formula is C9H10N6O3. The molecule has 0 bridgehead atoms. The number of nitrogens with one attached hydrogen (secondary N) is 3. The molecule has 9 heteroatoms. The Labute approximate surface area is 101 Å². The first kappa shape index (κ1) is 11.8. The molecule has 0 unspecified atom stereocenters. The molecule has 0 aliphatic heterocycles. The van der Waals surface area contributed by atoms with Crippen molar-refractivity contribution in [1.29, 1.82) is 0 Å². The molecule has 0 fully saturated rings. The minimum absolute atomic E-state index is 0.0817. The molecular weight excluding hydrogens is 240 g/mol. The van der Waals surface area contributed by atoms with E-state index in [1.165, 1.54) is 12.3 Å². The van der Waals surface area contributed by atoms with E-state index in [0.717, 1.165) is 0 Å². The van der Waals surface area contributed by atoms with E-state index < -0.39 is 5.97 Å². The maximum atomic E-state index is 11.5. The van der Waals surface area contributed by atoms with Gasteiger partial charge in [-0.3, -0.25) is 9.89 Å². The number of rotatable bonds is 5. The van der Waals surface area contributed by atoms with E-state index >= 15 is 0 Å². The number of nitrogens with zero attached hydrogens (tertiary/aromatic N) is 3. The van der Waals surface area contributed by atoms with E-state index in [2.05, 4.69) is 30.9 Å². The third kappa shape index (κ3) is 2.90. The van der Waals surface area contributed by atoms with E-state index in [4.69, 9.17) is 5.11 Å². The zero-order valence-electron chi connectivity index (χ0n) is 9.17. The minimum Gasteiger partial charge on any atom is -0.477 e. The molecule has 0 aliphatic rings. The SMILES string of the molecule is O=C(CCc1cn[nH]n1)Nc1cc(C(=O)O)[nH]n1. The summed E-state index contributed by atoms with van der Waals surface area (Å²) in [6.07, 6.45) is 2.19. The summed E-state index contributed by atoms with van der Waals surface area (Å²) in [7, 11) is 0. The molecule has 18 heavy (non-hydrogen) atoms. The number of hydrogen-bond acceptors (Lipinski definition) is 5. The van der Waals surface area contributed by atoms with Crippen LogP contribution in [0.25, 0.3) is 0 Å². The van der Waals surface area contributed by atoms with Crippen molar-refractivity contribution >= 4 is 17.7 Å². The topological polar surface area (TPSA) is 137 Å². The summed E-state index contributed by atoms with van der Waals surface area (Å²) in [5.74, 6) is -1.23. The van der Waals surface area contributed by atoms with Gasteiger partial charge >= 0.3 is 5.97 Å². The number of aromatic amines is 2. The molecule has 0 aliphatic carbocycles. The van der Waals surface area contributed by atoms with Gasteiger partial charge in [-0.1, -0.05) is 0 Å². The minimum atomic E-state index is -1.13. The molecule has 94 valence electrons. The first-order valence-electron chi connectivity index (χ1n) is 5.08. The molecule has 0 saturated carbocycles. The average Bonchev–Trinajstić information content (AvgIpc) is 2.96. The molecule has 0 saturated heterocycles. The lowest BCUT2D eigenvalue weighted by atomic mass is 10.2. The molecule has 0 atom stereocenters. The lowest BCUT2D eigenvalue weighted by Gasteiger charge is -1.99. The number of aromatic nitrogens is 5. The summed E-state index contributed by atoms with van der Waals surface area (Å²) in [5.41, 5.74) is 0.597. The third-order valence-electron chi connectivity index (χ3n) is 2.15. The monoisotopic (exact) mass is 250 g/mol. The van der Waals surface area contributed by atoms with Gasteiger partial charge in [-0.05, 0) is 0 Å². The van der Waals surface area contributed by atoms with E-state index in [1.807, 2.05) is 0 Å². The fraction of sp³-hybridized carbons (Fsp3) is 0.222. The highest BCUT2D eigenvalue weighted by Crippen LogP contribution is 2.06. The number of H-pyrrole nitrogens is 2. The fourth-order valence-electron chi connectivity index (χ4n) is 1.29. The molecule has 9 nitrogen and oxygen atoms in total. The van der Waals surface area contributed by atoms with Crippen molar-refractivity contribution in [2.75, 3.05) is 5.32 Å². The van der Waals surface area contributed by atoms with E-state index in [9.17, 15) is 9.59 Å². The first-order valence-corrected chi connectivity index (χ1v) is 5.08. The quantitative estimate of drug-likeness (QED) is 0.579. The number of aryl methyl sites for hydroxylation is 1. The number of hydrogen-bond donors (Lipinski definition) is 4. The highest BCUT2D eigenvalue weighted by Gasteiger charge is 2.10. The van der Waals surface area contributed by atoms with Crippen molar-refractivity contribution in [1.82, 2.24) is 25.6 Å². The van der Waals surface area contributed by atoms with Crippen molar-refractivity contribution in [2.24, 2.45) is 0 Å². The van der Waals surface area contributed by atoms with Crippen LogP contribution in [0.2, 0.25) is 0 Å². The summed E-state index contributed by atoms with van der Waals surface area (Å²) >= 11 is 0. The van der Waals surface area contributed by atoms with Gasteiger partial charge in [-0.15, -0.1) is 0 Å². The Morgan fingerprint density at radius 2 is 2.22 bits per heavy atom. The summed E-state index contributed by atoms with van der Waals surface area (Å²) in [6, 6.07) is 1.25. The molecule has 2 heterocycles. The Kier molecular flexibility index (Phi) is 3.32. The molecule has 2 rings (SSSR count). The van der Waals surface area contributed by atoms with Crippen molar-refractivity contribution in [3.8, 4) is 0 Å². The van der Waals surface area contributed by atoms with Gasteiger partial charge in [0.05, 0.1) is 11.9 Å². The van der Waals surface area contributed by atoms with Gasteiger partial charge in [-0.25, -0.2) is 4.79 Å². The Morgan fingerprint density at radius 1 is 1.39 bits per heavy atom. The predicted molar refractivity (Wildman–Crippen MR) is 58.9 cm³/mol. The van der Waals surface area contributed by atoms with Gasteiger partial charge in [-0.2, -0.15) is 20.5 Å². The molecule has 0 spiro atoms. The Balaban J connectivity index is 1.85. The second-order valence-corrected chi connectivity index (χ2v) is 3.48. The van der Waals surface area contributed by atoms with Crippen LogP contribution in [0.4, 0.5) is 5.82 Å². The number of carbonyl (C=O) groups is 2. The van der Waals surface area contributed by atoms with E-state index in [1.54, 1.807) is 0 Å². The molecule has 0 radical (unpaired) electrons. The maximum Gasteiger partial charge on any atom is 0.353 e. The number of amides is 1. The summed E-state index contributed by atoms with van der Waals surface area (Å²) < 4.78 is 0. The summed E-state index contributed by atoms with van der Waals surface area (Å²) in [4.78, 5) is 22.1. The third-order valence-corrected chi connectivity index (χ3v) is 2.15. The van der Waals surface area contributed by atoms with Gasteiger partial charge in [0.25, 0.3) is 0 Å². The lowest BCUT2D eigenvalue weighted by Crippen LogP contribution is -2.12. The van der Waals surface area contributed by atoms with Gasteiger partial charge in [0, 0.05) is 18.9 Å².